The summed E-state index contributed by atoms with van der Waals surface area (Å²) >= 11 is 5.62. The maximum absolute atomic E-state index is 11.8. The zero-order valence-electron chi connectivity index (χ0n) is 9.58. The average Bonchev–Trinajstić information content (AvgIpc) is 2.70. The van der Waals surface area contributed by atoms with Gasteiger partial charge in [0, 0.05) is 26.7 Å². The van der Waals surface area contributed by atoms with Gasteiger partial charge in [0.15, 0.2) is 0 Å². The summed E-state index contributed by atoms with van der Waals surface area (Å²) < 4.78 is 2.03. The summed E-state index contributed by atoms with van der Waals surface area (Å²) in [7, 11) is 0. The zero-order valence-corrected chi connectivity index (χ0v) is 13.3. The van der Waals surface area contributed by atoms with Crippen LogP contribution < -0.4 is 5.32 Å². The van der Waals surface area contributed by atoms with Gasteiger partial charge in [0.05, 0.1) is 6.54 Å². The van der Waals surface area contributed by atoms with Crippen LogP contribution in [-0.2, 0) is 9.59 Å². The van der Waals surface area contributed by atoms with Crippen molar-refractivity contribution in [1.29, 1.82) is 0 Å². The summed E-state index contributed by atoms with van der Waals surface area (Å²) in [5.41, 5.74) is 0.735. The monoisotopic (exact) mass is 422 g/mol. The first-order chi connectivity index (χ1) is 8.56. The second-order valence-corrected chi connectivity index (χ2v) is 6.11. The predicted octanol–water partition coefficient (Wildman–Crippen LogP) is 2.61. The number of nitrogens with one attached hydrogen (secondary N) is 1. The van der Waals surface area contributed by atoms with Gasteiger partial charge in [-0.1, -0.05) is 0 Å². The van der Waals surface area contributed by atoms with Crippen molar-refractivity contribution in [3.05, 3.63) is 26.2 Å². The maximum atomic E-state index is 11.8. The molecular weight excluding hydrogens is 411 g/mol. The molecule has 2 amide bonds. The molecule has 6 heteroatoms. The van der Waals surface area contributed by atoms with Crippen LogP contribution in [0.1, 0.15) is 12.8 Å². The fourth-order valence-corrected chi connectivity index (χ4v) is 2.53. The fourth-order valence-electron chi connectivity index (χ4n) is 1.82. The Labute approximate surface area is 127 Å². The lowest BCUT2D eigenvalue weighted by Crippen LogP contribution is -2.33. The molecule has 0 aromatic heterocycles. The van der Waals surface area contributed by atoms with Crippen molar-refractivity contribution in [2.24, 2.45) is 0 Å². The number of nitrogens with zero attached hydrogens (tertiary/aromatic N) is 1. The summed E-state index contributed by atoms with van der Waals surface area (Å²) in [6, 6.07) is 5.61. The maximum Gasteiger partial charge on any atom is 0.243 e. The smallest absolute Gasteiger partial charge is 0.243 e. The highest BCUT2D eigenvalue weighted by Gasteiger charge is 2.22. The normalized spacial score (nSPS) is 15.0. The number of amides is 2. The molecule has 1 aromatic rings. The van der Waals surface area contributed by atoms with E-state index >= 15 is 0 Å². The Morgan fingerprint density at radius 2 is 2.28 bits per heavy atom. The summed E-state index contributed by atoms with van der Waals surface area (Å²) in [4.78, 5) is 24.8. The molecule has 1 heterocycles. The van der Waals surface area contributed by atoms with Crippen molar-refractivity contribution in [2.75, 3.05) is 18.4 Å². The fraction of sp³-hybridized carbons (Fsp3) is 0.333. The number of carbonyl (C=O) groups is 2. The molecule has 1 aromatic carbocycles. The largest absolute Gasteiger partial charge is 0.333 e. The number of carbonyl (C=O) groups excluding carboxylic acids is 2. The first-order valence-electron chi connectivity index (χ1n) is 5.59. The topological polar surface area (TPSA) is 49.4 Å². The molecule has 0 unspecified atom stereocenters. The van der Waals surface area contributed by atoms with Crippen molar-refractivity contribution in [1.82, 2.24) is 4.90 Å². The highest BCUT2D eigenvalue weighted by molar-refractivity contribution is 14.1. The molecule has 1 fully saturated rings. The lowest BCUT2D eigenvalue weighted by Gasteiger charge is -2.15. The Kier molecular flexibility index (Phi) is 4.60. The molecule has 1 saturated heterocycles. The van der Waals surface area contributed by atoms with Gasteiger partial charge in [-0.2, -0.15) is 0 Å². The number of hydrogen-bond donors (Lipinski definition) is 1. The minimum atomic E-state index is -0.154. The molecular formula is C12H12BrIN2O2. The van der Waals surface area contributed by atoms with Crippen LogP contribution in [-0.4, -0.2) is 29.8 Å². The highest BCUT2D eigenvalue weighted by Crippen LogP contribution is 2.22. The van der Waals surface area contributed by atoms with E-state index in [4.69, 9.17) is 0 Å². The Morgan fingerprint density at radius 1 is 1.50 bits per heavy atom. The van der Waals surface area contributed by atoms with E-state index < -0.39 is 0 Å². The van der Waals surface area contributed by atoms with Crippen molar-refractivity contribution >= 4 is 56.0 Å². The predicted molar refractivity (Wildman–Crippen MR) is 81.3 cm³/mol. The van der Waals surface area contributed by atoms with Crippen LogP contribution in [0.25, 0.3) is 0 Å². The Hall–Kier alpha value is -0.630. The number of likely N-dealkylation sites (tertiary alicyclic amines) is 1. The van der Waals surface area contributed by atoms with Crippen LogP contribution >= 0.6 is 38.5 Å². The van der Waals surface area contributed by atoms with Crippen LogP contribution in [0.5, 0.6) is 0 Å². The summed E-state index contributed by atoms with van der Waals surface area (Å²) in [6.07, 6.45) is 1.41. The highest BCUT2D eigenvalue weighted by atomic mass is 127. The van der Waals surface area contributed by atoms with E-state index in [0.29, 0.717) is 13.0 Å². The number of halogens is 2. The lowest BCUT2D eigenvalue weighted by atomic mass is 10.3. The Morgan fingerprint density at radius 3 is 2.89 bits per heavy atom. The molecule has 1 aliphatic rings. The van der Waals surface area contributed by atoms with E-state index in [1.807, 2.05) is 18.2 Å². The molecule has 96 valence electrons. The van der Waals surface area contributed by atoms with E-state index in [9.17, 15) is 9.59 Å². The van der Waals surface area contributed by atoms with Gasteiger partial charge in [0.1, 0.15) is 0 Å². The molecule has 0 atom stereocenters. The minimum Gasteiger partial charge on any atom is -0.333 e. The van der Waals surface area contributed by atoms with Crippen LogP contribution in [0.3, 0.4) is 0 Å². The SMILES string of the molecule is O=C(CN1CCCC1=O)Nc1ccc(I)c(Br)c1. The van der Waals surface area contributed by atoms with Gasteiger partial charge >= 0.3 is 0 Å². The summed E-state index contributed by atoms with van der Waals surface area (Å²) in [5.74, 6) is -0.0905. The van der Waals surface area contributed by atoms with Crippen LogP contribution in [0, 0.1) is 3.57 Å². The van der Waals surface area contributed by atoms with Crippen LogP contribution in [0.15, 0.2) is 22.7 Å². The van der Waals surface area contributed by atoms with Gasteiger partial charge < -0.3 is 10.2 Å². The molecule has 1 aliphatic heterocycles. The number of rotatable bonds is 3. The minimum absolute atomic E-state index is 0.0638. The Balaban J connectivity index is 1.94. The Bertz CT molecular complexity index is 493. The summed E-state index contributed by atoms with van der Waals surface area (Å²) in [6.45, 7) is 0.824. The zero-order chi connectivity index (χ0) is 13.1. The van der Waals surface area contributed by atoms with Crippen molar-refractivity contribution in [2.45, 2.75) is 12.8 Å². The van der Waals surface area contributed by atoms with Crippen molar-refractivity contribution in [3.8, 4) is 0 Å². The first-order valence-corrected chi connectivity index (χ1v) is 7.46. The molecule has 0 radical (unpaired) electrons. The third-order valence-electron chi connectivity index (χ3n) is 2.71. The molecule has 18 heavy (non-hydrogen) atoms. The second kappa shape index (κ2) is 6.01. The van der Waals surface area contributed by atoms with Gasteiger partial charge in [-0.05, 0) is 63.1 Å². The van der Waals surface area contributed by atoms with E-state index in [2.05, 4.69) is 43.8 Å². The molecule has 2 rings (SSSR count). The van der Waals surface area contributed by atoms with E-state index in [1.54, 1.807) is 4.90 Å². The van der Waals surface area contributed by atoms with Crippen molar-refractivity contribution in [3.63, 3.8) is 0 Å². The lowest BCUT2D eigenvalue weighted by molar-refractivity contribution is -0.131. The summed E-state index contributed by atoms with van der Waals surface area (Å²) in [5, 5.41) is 2.79. The average molecular weight is 423 g/mol. The number of hydrogen-bond acceptors (Lipinski definition) is 2. The molecule has 0 bridgehead atoms. The standard InChI is InChI=1S/C12H12BrIN2O2/c13-9-6-8(3-4-10(9)14)15-11(17)7-16-5-1-2-12(16)18/h3-4,6H,1-2,5,7H2,(H,15,17). The molecule has 1 N–H and O–H groups in total. The third kappa shape index (κ3) is 3.44. The van der Waals surface area contributed by atoms with Crippen LogP contribution in [0.2, 0.25) is 0 Å². The molecule has 0 saturated carbocycles. The van der Waals surface area contributed by atoms with Gasteiger partial charge in [0.2, 0.25) is 11.8 Å². The number of benzene rings is 1. The van der Waals surface area contributed by atoms with E-state index in [0.717, 1.165) is 20.2 Å². The van der Waals surface area contributed by atoms with E-state index in [-0.39, 0.29) is 18.4 Å². The second-order valence-electron chi connectivity index (χ2n) is 4.10. The van der Waals surface area contributed by atoms with E-state index in [1.165, 1.54) is 0 Å². The number of anilines is 1. The molecule has 0 aliphatic carbocycles. The quantitative estimate of drug-likeness (QED) is 0.761. The molecule has 0 spiro atoms. The van der Waals surface area contributed by atoms with Gasteiger partial charge in [-0.3, -0.25) is 9.59 Å². The molecule has 4 nitrogen and oxygen atoms in total. The van der Waals surface area contributed by atoms with Gasteiger partial charge in [0.25, 0.3) is 0 Å². The van der Waals surface area contributed by atoms with Gasteiger partial charge in [-0.15, -0.1) is 0 Å². The van der Waals surface area contributed by atoms with Crippen molar-refractivity contribution < 1.29 is 9.59 Å². The first kappa shape index (κ1) is 13.8. The van der Waals surface area contributed by atoms with Crippen LogP contribution in [0.4, 0.5) is 5.69 Å². The van der Waals surface area contributed by atoms with Gasteiger partial charge in [-0.25, -0.2) is 0 Å². The third-order valence-corrected chi connectivity index (χ3v) is 5.05.